The van der Waals surface area contributed by atoms with E-state index >= 15 is 0 Å². The topological polar surface area (TPSA) is 159 Å². The Morgan fingerprint density at radius 2 is 1.61 bits per heavy atom. The van der Waals surface area contributed by atoms with Crippen molar-refractivity contribution < 1.29 is 38.9 Å². The van der Waals surface area contributed by atoms with Crippen molar-refractivity contribution in [2.24, 2.45) is 0 Å². The summed E-state index contributed by atoms with van der Waals surface area (Å²) >= 11 is 0. The minimum absolute atomic E-state index is 0.00820. The number of alkyl carbamates (subject to hydrolysis) is 1. The van der Waals surface area contributed by atoms with Crippen LogP contribution in [-0.2, 0) is 23.9 Å². The number of carboxylic acid groups (broad SMARTS) is 2. The molecule has 4 N–H and O–H groups in total. The molecular formula is C13H20N2O8. The second kappa shape index (κ2) is 11.0. The summed E-state index contributed by atoms with van der Waals surface area (Å²) in [5.74, 6) is -3.06. The molecule has 0 rings (SSSR count). The van der Waals surface area contributed by atoms with Gasteiger partial charge in [-0.2, -0.15) is 0 Å². The second-order valence-electron chi connectivity index (χ2n) is 4.62. The summed E-state index contributed by atoms with van der Waals surface area (Å²) in [7, 11) is 0. The molecule has 0 saturated carbocycles. The normalized spacial score (nSPS) is 11.2. The van der Waals surface area contributed by atoms with Gasteiger partial charge in [0, 0.05) is 12.8 Å². The highest BCUT2D eigenvalue weighted by atomic mass is 16.5. The molecule has 0 spiro atoms. The van der Waals surface area contributed by atoms with Crippen molar-refractivity contribution in [1.29, 1.82) is 0 Å². The number of Topliss-reactive ketones (excluding diaryl/α,β-unsaturated/α-hetero) is 1. The number of carboxylic acids is 2. The van der Waals surface area contributed by atoms with Crippen molar-refractivity contribution in [1.82, 2.24) is 10.6 Å². The molecule has 2 amide bonds. The van der Waals surface area contributed by atoms with Crippen molar-refractivity contribution >= 4 is 29.7 Å². The number of carbonyl (C=O) groups excluding carboxylic acids is 3. The maximum atomic E-state index is 11.4. The standard InChI is InChI=1S/C13H20N2O8/c1-8(16)9(2-4-11(18)19)15-13(22)23-7-6-14-10(17)3-5-12(20)21/h9H,2-7H2,1H3,(H,14,17)(H,15,22)(H,18,19)(H,20,21). The van der Waals surface area contributed by atoms with Gasteiger partial charge in [0.05, 0.1) is 19.0 Å². The van der Waals surface area contributed by atoms with E-state index < -0.39 is 35.8 Å². The van der Waals surface area contributed by atoms with Gasteiger partial charge in [0.1, 0.15) is 6.61 Å². The molecule has 1 unspecified atom stereocenters. The van der Waals surface area contributed by atoms with E-state index in [4.69, 9.17) is 14.9 Å². The number of ketones is 1. The Labute approximate surface area is 132 Å². The Kier molecular flexibility index (Phi) is 9.72. The van der Waals surface area contributed by atoms with Gasteiger partial charge in [-0.15, -0.1) is 0 Å². The van der Waals surface area contributed by atoms with Gasteiger partial charge in [-0.25, -0.2) is 4.79 Å². The number of amides is 2. The summed E-state index contributed by atoms with van der Waals surface area (Å²) in [5.41, 5.74) is 0. The molecule has 0 saturated heterocycles. The number of aliphatic carboxylic acids is 2. The first kappa shape index (κ1) is 20.3. The summed E-state index contributed by atoms with van der Waals surface area (Å²) < 4.78 is 4.72. The van der Waals surface area contributed by atoms with Crippen LogP contribution in [-0.4, -0.2) is 59.1 Å². The van der Waals surface area contributed by atoms with E-state index in [9.17, 15) is 24.0 Å². The summed E-state index contributed by atoms with van der Waals surface area (Å²) in [6.07, 6.45) is -1.70. The van der Waals surface area contributed by atoms with Gasteiger partial charge < -0.3 is 25.6 Å². The maximum Gasteiger partial charge on any atom is 0.407 e. The zero-order chi connectivity index (χ0) is 17.8. The first-order valence-corrected chi connectivity index (χ1v) is 6.86. The molecule has 0 aliphatic rings. The van der Waals surface area contributed by atoms with Gasteiger partial charge in [0.2, 0.25) is 5.91 Å². The van der Waals surface area contributed by atoms with Crippen molar-refractivity contribution in [3.05, 3.63) is 0 Å². The lowest BCUT2D eigenvalue weighted by molar-refractivity contribution is -0.139. The second-order valence-corrected chi connectivity index (χ2v) is 4.62. The van der Waals surface area contributed by atoms with E-state index in [1.807, 2.05) is 0 Å². The fourth-order valence-corrected chi connectivity index (χ4v) is 1.47. The molecule has 0 aromatic heterocycles. The largest absolute Gasteiger partial charge is 0.481 e. The molecule has 23 heavy (non-hydrogen) atoms. The molecule has 0 aromatic rings. The van der Waals surface area contributed by atoms with Crippen LogP contribution in [0.4, 0.5) is 4.79 Å². The summed E-state index contributed by atoms with van der Waals surface area (Å²) in [5, 5.41) is 21.5. The quantitative estimate of drug-likeness (QED) is 0.369. The van der Waals surface area contributed by atoms with Gasteiger partial charge >= 0.3 is 18.0 Å². The monoisotopic (exact) mass is 332 g/mol. The number of carbonyl (C=O) groups is 5. The Bertz CT molecular complexity index is 463. The predicted molar refractivity (Wildman–Crippen MR) is 75.7 cm³/mol. The first-order valence-electron chi connectivity index (χ1n) is 6.86. The molecule has 10 heteroatoms. The minimum atomic E-state index is -1.09. The van der Waals surface area contributed by atoms with E-state index in [0.29, 0.717) is 0 Å². The Hall–Kier alpha value is -2.65. The van der Waals surface area contributed by atoms with Crippen LogP contribution in [0, 0.1) is 0 Å². The van der Waals surface area contributed by atoms with Crippen LogP contribution in [0.15, 0.2) is 0 Å². The highest BCUT2D eigenvalue weighted by Gasteiger charge is 2.18. The number of nitrogens with one attached hydrogen (secondary N) is 2. The predicted octanol–water partition coefficient (Wildman–Crippen LogP) is -0.484. The molecule has 10 nitrogen and oxygen atoms in total. The van der Waals surface area contributed by atoms with Crippen LogP contribution in [0.2, 0.25) is 0 Å². The Morgan fingerprint density at radius 1 is 1.00 bits per heavy atom. The van der Waals surface area contributed by atoms with Crippen LogP contribution in [0.1, 0.15) is 32.6 Å². The number of hydrogen-bond donors (Lipinski definition) is 4. The molecule has 0 bridgehead atoms. The minimum Gasteiger partial charge on any atom is -0.481 e. The summed E-state index contributed by atoms with van der Waals surface area (Å²) in [6, 6.07) is -0.955. The fraction of sp³-hybridized carbons (Fsp3) is 0.615. The van der Waals surface area contributed by atoms with Crippen LogP contribution < -0.4 is 10.6 Å². The SMILES string of the molecule is CC(=O)C(CCC(=O)O)NC(=O)OCCNC(=O)CCC(=O)O. The zero-order valence-corrected chi connectivity index (χ0v) is 12.7. The highest BCUT2D eigenvalue weighted by molar-refractivity contribution is 5.85. The van der Waals surface area contributed by atoms with Crippen molar-refractivity contribution in [2.75, 3.05) is 13.2 Å². The van der Waals surface area contributed by atoms with Crippen LogP contribution in [0.5, 0.6) is 0 Å². The lowest BCUT2D eigenvalue weighted by Crippen LogP contribution is -2.41. The van der Waals surface area contributed by atoms with E-state index in [1.54, 1.807) is 0 Å². The summed E-state index contributed by atoms with van der Waals surface area (Å²) in [6.45, 7) is 1.04. The average molecular weight is 332 g/mol. The molecule has 0 aliphatic heterocycles. The number of hydrogen-bond acceptors (Lipinski definition) is 6. The average Bonchev–Trinajstić information content (AvgIpc) is 2.45. The van der Waals surface area contributed by atoms with Crippen LogP contribution in [0.25, 0.3) is 0 Å². The molecule has 0 heterocycles. The molecule has 130 valence electrons. The molecule has 0 aliphatic carbocycles. The third-order valence-corrected chi connectivity index (χ3v) is 2.65. The maximum absolute atomic E-state index is 11.4. The summed E-state index contributed by atoms with van der Waals surface area (Å²) in [4.78, 5) is 54.6. The number of rotatable bonds is 11. The van der Waals surface area contributed by atoms with Gasteiger partial charge in [-0.1, -0.05) is 0 Å². The molecule has 0 aromatic carbocycles. The molecule has 0 fully saturated rings. The fourth-order valence-electron chi connectivity index (χ4n) is 1.47. The van der Waals surface area contributed by atoms with Gasteiger partial charge in [-0.05, 0) is 13.3 Å². The van der Waals surface area contributed by atoms with E-state index in [-0.39, 0.29) is 38.8 Å². The van der Waals surface area contributed by atoms with Crippen molar-refractivity contribution in [2.45, 2.75) is 38.6 Å². The lowest BCUT2D eigenvalue weighted by Gasteiger charge is -2.15. The third-order valence-electron chi connectivity index (χ3n) is 2.65. The smallest absolute Gasteiger partial charge is 0.407 e. The van der Waals surface area contributed by atoms with E-state index in [1.165, 1.54) is 6.92 Å². The van der Waals surface area contributed by atoms with Gasteiger partial charge in [-0.3, -0.25) is 19.2 Å². The third kappa shape index (κ3) is 11.7. The van der Waals surface area contributed by atoms with Crippen LogP contribution in [0.3, 0.4) is 0 Å². The van der Waals surface area contributed by atoms with Crippen LogP contribution >= 0.6 is 0 Å². The lowest BCUT2D eigenvalue weighted by atomic mass is 10.1. The Morgan fingerprint density at radius 3 is 2.13 bits per heavy atom. The molecule has 1 atom stereocenters. The number of ether oxygens (including phenoxy) is 1. The van der Waals surface area contributed by atoms with E-state index in [2.05, 4.69) is 10.6 Å². The first-order chi connectivity index (χ1) is 10.7. The molecule has 0 radical (unpaired) electrons. The van der Waals surface area contributed by atoms with Gasteiger partial charge in [0.15, 0.2) is 5.78 Å². The Balaban J connectivity index is 3.95. The van der Waals surface area contributed by atoms with Crippen molar-refractivity contribution in [3.8, 4) is 0 Å². The highest BCUT2D eigenvalue weighted by Crippen LogP contribution is 1.99. The zero-order valence-electron chi connectivity index (χ0n) is 12.7. The van der Waals surface area contributed by atoms with Crippen molar-refractivity contribution in [3.63, 3.8) is 0 Å². The molecular weight excluding hydrogens is 312 g/mol. The van der Waals surface area contributed by atoms with Gasteiger partial charge in [0.25, 0.3) is 0 Å². The van der Waals surface area contributed by atoms with E-state index in [0.717, 1.165) is 0 Å².